The molecular weight excluding hydrogens is 507 g/mol. The van der Waals surface area contributed by atoms with E-state index in [0.717, 1.165) is 59.3 Å². The third-order valence-electron chi connectivity index (χ3n) is 7.25. The van der Waals surface area contributed by atoms with Crippen molar-refractivity contribution in [3.63, 3.8) is 0 Å². The van der Waals surface area contributed by atoms with Gasteiger partial charge in [0.2, 0.25) is 0 Å². The Morgan fingerprint density at radius 1 is 1.08 bits per heavy atom. The van der Waals surface area contributed by atoms with E-state index in [0.29, 0.717) is 29.8 Å². The van der Waals surface area contributed by atoms with E-state index >= 15 is 0 Å². The van der Waals surface area contributed by atoms with Crippen LogP contribution in [0.15, 0.2) is 47.4 Å². The molecule has 9 heteroatoms. The van der Waals surface area contributed by atoms with Crippen molar-refractivity contribution >= 4 is 34.2 Å². The number of aryl methyl sites for hydroxylation is 1. The Kier molecular flexibility index (Phi) is 9.19. The number of nitrogens with one attached hydrogen (secondary N) is 2. The van der Waals surface area contributed by atoms with E-state index in [4.69, 9.17) is 5.14 Å². The number of rotatable bonds is 8. The molecule has 2 aromatic carbocycles. The van der Waals surface area contributed by atoms with Gasteiger partial charge in [-0.1, -0.05) is 18.9 Å². The summed E-state index contributed by atoms with van der Waals surface area (Å²) in [7, 11) is 4.22. The quantitative estimate of drug-likeness (QED) is 0.224. The van der Waals surface area contributed by atoms with Gasteiger partial charge in [0.15, 0.2) is 0 Å². The monoisotopic (exact) mass is 543 g/mol. The molecule has 4 rings (SSSR count). The van der Waals surface area contributed by atoms with Crippen LogP contribution in [0.4, 0.5) is 24.5 Å². The lowest BCUT2D eigenvalue weighted by molar-refractivity contribution is -0.140. The maximum Gasteiger partial charge on any atom is 0.406 e. The van der Waals surface area contributed by atoms with Gasteiger partial charge in [-0.25, -0.2) is 0 Å². The second-order valence-electron chi connectivity index (χ2n) is 10.0. The maximum absolute atomic E-state index is 13.5. The lowest BCUT2D eigenvalue weighted by Gasteiger charge is -2.33. The first-order valence-electron chi connectivity index (χ1n) is 13.0. The molecule has 0 saturated heterocycles. The van der Waals surface area contributed by atoms with Crippen LogP contribution in [0.2, 0.25) is 0 Å². The Hall–Kier alpha value is -2.80. The SMILES string of the molecule is CCc1cc(SN)ccc1NCC#Cc1cc2c(NC3CCC(N(C)C)CC3)cccc2n1CC(F)(F)F. The molecule has 0 radical (unpaired) electrons. The average Bonchev–Trinajstić information content (AvgIpc) is 3.23. The zero-order valence-electron chi connectivity index (χ0n) is 22.2. The molecule has 1 aliphatic carbocycles. The molecule has 0 atom stereocenters. The van der Waals surface area contributed by atoms with Crippen molar-refractivity contribution in [2.24, 2.45) is 5.14 Å². The number of hydrogen-bond acceptors (Lipinski definition) is 5. The summed E-state index contributed by atoms with van der Waals surface area (Å²) in [6.07, 6.45) is 0.751. The highest BCUT2D eigenvalue weighted by atomic mass is 32.2. The molecule has 38 heavy (non-hydrogen) atoms. The zero-order valence-corrected chi connectivity index (χ0v) is 23.0. The van der Waals surface area contributed by atoms with E-state index in [9.17, 15) is 13.2 Å². The van der Waals surface area contributed by atoms with E-state index in [1.165, 1.54) is 16.5 Å². The highest BCUT2D eigenvalue weighted by Crippen LogP contribution is 2.32. The number of nitrogens with two attached hydrogens (primary N) is 1. The van der Waals surface area contributed by atoms with E-state index in [1.807, 2.05) is 30.3 Å². The zero-order chi connectivity index (χ0) is 27.3. The summed E-state index contributed by atoms with van der Waals surface area (Å²) in [6, 6.07) is 14.1. The van der Waals surface area contributed by atoms with Crippen LogP contribution < -0.4 is 15.8 Å². The van der Waals surface area contributed by atoms with Crippen LogP contribution in [-0.2, 0) is 13.0 Å². The molecule has 0 spiro atoms. The van der Waals surface area contributed by atoms with Gasteiger partial charge in [0.1, 0.15) is 6.54 Å². The van der Waals surface area contributed by atoms with E-state index < -0.39 is 12.7 Å². The Morgan fingerprint density at radius 2 is 1.84 bits per heavy atom. The number of hydrogen-bond donors (Lipinski definition) is 3. The van der Waals surface area contributed by atoms with Crippen LogP contribution in [0.5, 0.6) is 0 Å². The van der Waals surface area contributed by atoms with Crippen molar-refractivity contribution in [3.05, 3.63) is 53.7 Å². The Bertz CT molecular complexity index is 1300. The predicted octanol–water partition coefficient (Wildman–Crippen LogP) is 6.48. The number of aromatic nitrogens is 1. The highest BCUT2D eigenvalue weighted by Gasteiger charge is 2.30. The van der Waals surface area contributed by atoms with Crippen LogP contribution in [-0.4, -0.2) is 48.4 Å². The Labute approximate surface area is 227 Å². The summed E-state index contributed by atoms with van der Waals surface area (Å²) in [5, 5.41) is 13.3. The first-order chi connectivity index (χ1) is 18.2. The van der Waals surface area contributed by atoms with Crippen LogP contribution in [0.25, 0.3) is 10.9 Å². The number of nitrogens with zero attached hydrogens (tertiary/aromatic N) is 2. The van der Waals surface area contributed by atoms with E-state index in [1.54, 1.807) is 12.1 Å². The fraction of sp³-hybridized carbons (Fsp3) is 0.448. The summed E-state index contributed by atoms with van der Waals surface area (Å²) >= 11 is 1.20. The topological polar surface area (TPSA) is 58.2 Å². The lowest BCUT2D eigenvalue weighted by Crippen LogP contribution is -2.36. The minimum Gasteiger partial charge on any atom is -0.382 e. The van der Waals surface area contributed by atoms with Crippen LogP contribution in [0.1, 0.15) is 43.9 Å². The van der Waals surface area contributed by atoms with Crippen LogP contribution >= 0.6 is 11.9 Å². The van der Waals surface area contributed by atoms with Crippen molar-refractivity contribution in [2.75, 3.05) is 31.3 Å². The first-order valence-corrected chi connectivity index (χ1v) is 13.9. The van der Waals surface area contributed by atoms with Gasteiger partial charge in [-0.15, -0.1) is 0 Å². The number of benzene rings is 2. The second kappa shape index (κ2) is 12.4. The van der Waals surface area contributed by atoms with Crippen molar-refractivity contribution < 1.29 is 13.2 Å². The molecule has 0 amide bonds. The highest BCUT2D eigenvalue weighted by molar-refractivity contribution is 7.97. The predicted molar refractivity (Wildman–Crippen MR) is 153 cm³/mol. The molecule has 3 aromatic rings. The molecule has 204 valence electrons. The van der Waals surface area contributed by atoms with Crippen molar-refractivity contribution in [3.8, 4) is 11.8 Å². The molecule has 5 nitrogen and oxygen atoms in total. The molecular formula is C29H36F3N5S. The molecule has 1 aliphatic rings. The average molecular weight is 544 g/mol. The van der Waals surface area contributed by atoms with Gasteiger partial charge in [-0.2, -0.15) is 13.2 Å². The van der Waals surface area contributed by atoms with Crippen molar-refractivity contribution in [1.82, 2.24) is 9.47 Å². The minimum atomic E-state index is -4.35. The summed E-state index contributed by atoms with van der Waals surface area (Å²) < 4.78 is 41.9. The molecule has 1 aromatic heterocycles. The molecule has 0 aliphatic heterocycles. The number of fused-ring (bicyclic) bond motifs is 1. The largest absolute Gasteiger partial charge is 0.406 e. The number of halogens is 3. The minimum absolute atomic E-state index is 0.304. The smallest absolute Gasteiger partial charge is 0.382 e. The van der Waals surface area contributed by atoms with Gasteiger partial charge >= 0.3 is 6.18 Å². The molecule has 1 fully saturated rings. The van der Waals surface area contributed by atoms with Crippen molar-refractivity contribution in [2.45, 2.75) is 68.7 Å². The lowest BCUT2D eigenvalue weighted by atomic mass is 9.90. The Balaban J connectivity index is 1.56. The fourth-order valence-corrected chi connectivity index (χ4v) is 5.56. The number of alkyl halides is 3. The second-order valence-corrected chi connectivity index (χ2v) is 10.7. The van der Waals surface area contributed by atoms with Crippen LogP contribution in [0.3, 0.4) is 0 Å². The van der Waals surface area contributed by atoms with Gasteiger partial charge in [0.05, 0.1) is 17.8 Å². The normalized spacial score (nSPS) is 17.9. The summed E-state index contributed by atoms with van der Waals surface area (Å²) in [5.74, 6) is 6.03. The number of anilines is 2. The van der Waals surface area contributed by atoms with Gasteiger partial charge in [-0.05, 0) is 106 Å². The van der Waals surface area contributed by atoms with E-state index in [2.05, 4.69) is 48.4 Å². The molecule has 0 unspecified atom stereocenters. The molecule has 1 heterocycles. The maximum atomic E-state index is 13.5. The van der Waals surface area contributed by atoms with Gasteiger partial charge in [0.25, 0.3) is 0 Å². The summed E-state index contributed by atoms with van der Waals surface area (Å²) in [6.45, 7) is 1.30. The molecule has 1 saturated carbocycles. The van der Waals surface area contributed by atoms with Crippen molar-refractivity contribution in [1.29, 1.82) is 0 Å². The third kappa shape index (κ3) is 6.99. The third-order valence-corrected chi connectivity index (χ3v) is 7.77. The van der Waals surface area contributed by atoms with Gasteiger partial charge < -0.3 is 20.1 Å². The molecule has 0 bridgehead atoms. The van der Waals surface area contributed by atoms with E-state index in [-0.39, 0.29) is 0 Å². The van der Waals surface area contributed by atoms with Gasteiger partial charge in [-0.3, -0.25) is 5.14 Å². The van der Waals surface area contributed by atoms with Crippen LogP contribution in [0, 0.1) is 11.8 Å². The summed E-state index contributed by atoms with van der Waals surface area (Å²) in [4.78, 5) is 3.25. The Morgan fingerprint density at radius 3 is 2.50 bits per heavy atom. The molecule has 4 N–H and O–H groups in total. The standard InChI is InChI=1S/C29H36F3N5S/c1-4-20-17-24(38-33)14-15-26(20)34-16-6-7-23-18-25-27(35-21-10-12-22(13-11-21)36(2)3)8-5-9-28(25)37(23)19-29(30,31)32/h5,8-9,14-15,17-18,21-22,34-35H,4,10-13,16,19,33H2,1-3H3. The fourth-order valence-electron chi connectivity index (χ4n) is 5.20. The first kappa shape index (κ1) is 28.2. The summed E-state index contributed by atoms with van der Waals surface area (Å²) in [5.41, 5.74) is 3.82. The van der Waals surface area contributed by atoms with Gasteiger partial charge in [0, 0.05) is 33.7 Å².